The third kappa shape index (κ3) is 1.82. The molecule has 2 atom stereocenters. The van der Waals surface area contributed by atoms with Gasteiger partial charge in [0.2, 0.25) is 11.8 Å². The zero-order valence-corrected chi connectivity index (χ0v) is 10.5. The molecule has 96 valence electrons. The molecule has 1 aromatic carbocycles. The highest BCUT2D eigenvalue weighted by Gasteiger charge is 2.48. The van der Waals surface area contributed by atoms with Crippen LogP contribution in [0.15, 0.2) is 24.3 Å². The first-order chi connectivity index (χ1) is 9.22. The Morgan fingerprint density at radius 2 is 1.74 bits per heavy atom. The lowest BCUT2D eigenvalue weighted by molar-refractivity contribution is -0.122. The Morgan fingerprint density at radius 3 is 2.32 bits per heavy atom. The van der Waals surface area contributed by atoms with Crippen molar-refractivity contribution in [1.82, 2.24) is 0 Å². The van der Waals surface area contributed by atoms with Crippen LogP contribution in [-0.4, -0.2) is 11.8 Å². The summed E-state index contributed by atoms with van der Waals surface area (Å²) in [6.07, 6.45) is 3.66. The molecule has 2 fully saturated rings. The zero-order valence-electron chi connectivity index (χ0n) is 10.5. The van der Waals surface area contributed by atoms with Gasteiger partial charge in [-0.25, -0.2) is 0 Å². The van der Waals surface area contributed by atoms with Crippen molar-refractivity contribution in [3.8, 4) is 6.07 Å². The van der Waals surface area contributed by atoms with Gasteiger partial charge in [0, 0.05) is 0 Å². The molecule has 1 aromatic rings. The van der Waals surface area contributed by atoms with Crippen molar-refractivity contribution >= 4 is 17.5 Å². The number of benzene rings is 1. The Balaban J connectivity index is 1.98. The maximum absolute atomic E-state index is 12.4. The molecule has 1 saturated carbocycles. The molecule has 2 amide bonds. The van der Waals surface area contributed by atoms with Crippen LogP contribution in [0, 0.1) is 23.2 Å². The maximum Gasteiger partial charge on any atom is 0.237 e. The molecular formula is C15H14N2O2. The smallest absolute Gasteiger partial charge is 0.237 e. The number of nitrogens with zero attached hydrogens (tertiary/aromatic N) is 2. The van der Waals surface area contributed by atoms with E-state index in [1.165, 1.54) is 4.90 Å². The fourth-order valence-electron chi connectivity index (χ4n) is 3.13. The number of carbonyl (C=O) groups is 2. The summed E-state index contributed by atoms with van der Waals surface area (Å²) >= 11 is 0. The molecule has 1 aliphatic heterocycles. The highest BCUT2D eigenvalue weighted by molar-refractivity contribution is 6.22. The van der Waals surface area contributed by atoms with Gasteiger partial charge in [0.25, 0.3) is 0 Å². The fraction of sp³-hybridized carbons (Fsp3) is 0.400. The topological polar surface area (TPSA) is 61.2 Å². The van der Waals surface area contributed by atoms with Crippen molar-refractivity contribution in [3.05, 3.63) is 29.8 Å². The Kier molecular flexibility index (Phi) is 2.83. The predicted octanol–water partition coefficient (Wildman–Crippen LogP) is 2.24. The molecule has 2 aliphatic rings. The number of hydrogen-bond donors (Lipinski definition) is 0. The largest absolute Gasteiger partial charge is 0.274 e. The quantitative estimate of drug-likeness (QED) is 0.722. The Bertz CT molecular complexity index is 564. The van der Waals surface area contributed by atoms with Crippen LogP contribution >= 0.6 is 0 Å². The van der Waals surface area contributed by atoms with E-state index in [9.17, 15) is 9.59 Å². The van der Waals surface area contributed by atoms with Crippen molar-refractivity contribution in [2.75, 3.05) is 4.90 Å². The van der Waals surface area contributed by atoms with E-state index in [4.69, 9.17) is 5.26 Å². The summed E-state index contributed by atoms with van der Waals surface area (Å²) in [4.78, 5) is 26.0. The van der Waals surface area contributed by atoms with E-state index in [1.54, 1.807) is 24.3 Å². The Labute approximate surface area is 111 Å². The first-order valence-electron chi connectivity index (χ1n) is 6.60. The van der Waals surface area contributed by atoms with Crippen molar-refractivity contribution in [2.24, 2.45) is 11.8 Å². The zero-order chi connectivity index (χ0) is 13.4. The van der Waals surface area contributed by atoms with Gasteiger partial charge in [-0.2, -0.15) is 5.26 Å². The van der Waals surface area contributed by atoms with E-state index in [2.05, 4.69) is 0 Å². The molecule has 1 saturated heterocycles. The molecule has 0 aromatic heterocycles. The molecule has 0 N–H and O–H groups in total. The number of amides is 2. The first-order valence-corrected chi connectivity index (χ1v) is 6.60. The van der Waals surface area contributed by atoms with E-state index in [1.807, 2.05) is 6.07 Å². The van der Waals surface area contributed by atoms with Crippen LogP contribution in [0.4, 0.5) is 5.69 Å². The SMILES string of the molecule is N#Cc1cccc(N2C(=O)C3CCCCC3C2=O)c1. The number of rotatable bonds is 1. The molecule has 4 heteroatoms. The molecule has 4 nitrogen and oxygen atoms in total. The summed E-state index contributed by atoms with van der Waals surface area (Å²) in [5.41, 5.74) is 0.997. The molecule has 0 radical (unpaired) electrons. The molecule has 1 aliphatic carbocycles. The molecule has 2 unspecified atom stereocenters. The van der Waals surface area contributed by atoms with Crippen LogP contribution in [0.1, 0.15) is 31.2 Å². The lowest BCUT2D eigenvalue weighted by Gasteiger charge is -2.19. The van der Waals surface area contributed by atoms with Crippen LogP contribution in [0.2, 0.25) is 0 Å². The fourth-order valence-corrected chi connectivity index (χ4v) is 3.13. The second-order valence-electron chi connectivity index (χ2n) is 5.17. The third-order valence-electron chi connectivity index (χ3n) is 4.07. The lowest BCUT2D eigenvalue weighted by Crippen LogP contribution is -2.30. The predicted molar refractivity (Wildman–Crippen MR) is 69.1 cm³/mol. The molecule has 19 heavy (non-hydrogen) atoms. The molecule has 3 rings (SSSR count). The molecule has 0 spiro atoms. The van der Waals surface area contributed by atoms with Gasteiger partial charge in [-0.1, -0.05) is 18.9 Å². The summed E-state index contributed by atoms with van der Waals surface area (Å²) in [5, 5.41) is 8.90. The van der Waals surface area contributed by atoms with Gasteiger partial charge < -0.3 is 0 Å². The van der Waals surface area contributed by atoms with Crippen LogP contribution in [0.25, 0.3) is 0 Å². The first kappa shape index (κ1) is 11.9. The average molecular weight is 254 g/mol. The van der Waals surface area contributed by atoms with E-state index in [0.29, 0.717) is 11.3 Å². The summed E-state index contributed by atoms with van der Waals surface area (Å²) in [6, 6.07) is 8.73. The van der Waals surface area contributed by atoms with Gasteiger partial charge in [-0.15, -0.1) is 0 Å². The van der Waals surface area contributed by atoms with Crippen molar-refractivity contribution in [3.63, 3.8) is 0 Å². The summed E-state index contributed by atoms with van der Waals surface area (Å²) in [5.74, 6) is -0.478. The van der Waals surface area contributed by atoms with Crippen LogP contribution < -0.4 is 4.90 Å². The van der Waals surface area contributed by atoms with Crippen molar-refractivity contribution in [1.29, 1.82) is 5.26 Å². The van der Waals surface area contributed by atoms with Crippen LogP contribution in [0.5, 0.6) is 0 Å². The van der Waals surface area contributed by atoms with Gasteiger partial charge in [-0.3, -0.25) is 14.5 Å². The number of hydrogen-bond acceptors (Lipinski definition) is 3. The Hall–Kier alpha value is -2.15. The minimum absolute atomic E-state index is 0.0928. The van der Waals surface area contributed by atoms with E-state index >= 15 is 0 Å². The van der Waals surface area contributed by atoms with Crippen LogP contribution in [0.3, 0.4) is 0 Å². The highest BCUT2D eigenvalue weighted by atomic mass is 16.2. The van der Waals surface area contributed by atoms with Crippen LogP contribution in [-0.2, 0) is 9.59 Å². The molecule has 1 heterocycles. The normalized spacial score (nSPS) is 26.2. The van der Waals surface area contributed by atoms with E-state index in [-0.39, 0.29) is 23.7 Å². The monoisotopic (exact) mass is 254 g/mol. The second-order valence-corrected chi connectivity index (χ2v) is 5.17. The minimum atomic E-state index is -0.146. The summed E-state index contributed by atoms with van der Waals surface area (Å²) < 4.78 is 0. The third-order valence-corrected chi connectivity index (χ3v) is 4.07. The summed E-state index contributed by atoms with van der Waals surface area (Å²) in [7, 11) is 0. The second kappa shape index (κ2) is 4.51. The number of anilines is 1. The number of carbonyl (C=O) groups excluding carboxylic acids is 2. The average Bonchev–Trinajstić information content (AvgIpc) is 2.72. The van der Waals surface area contributed by atoms with Crippen molar-refractivity contribution < 1.29 is 9.59 Å². The van der Waals surface area contributed by atoms with Gasteiger partial charge in [-0.05, 0) is 31.0 Å². The molecular weight excluding hydrogens is 240 g/mol. The van der Waals surface area contributed by atoms with Gasteiger partial charge >= 0.3 is 0 Å². The standard InChI is InChI=1S/C15H14N2O2/c16-9-10-4-3-5-11(8-10)17-14(18)12-6-1-2-7-13(12)15(17)19/h3-5,8,12-13H,1-2,6-7H2. The highest BCUT2D eigenvalue weighted by Crippen LogP contribution is 2.40. The van der Waals surface area contributed by atoms with Gasteiger partial charge in [0.1, 0.15) is 0 Å². The number of imide groups is 1. The van der Waals surface area contributed by atoms with E-state index in [0.717, 1.165) is 25.7 Å². The van der Waals surface area contributed by atoms with Gasteiger partial charge in [0.05, 0.1) is 29.2 Å². The lowest BCUT2D eigenvalue weighted by atomic mass is 9.81. The summed E-state index contributed by atoms with van der Waals surface area (Å²) in [6.45, 7) is 0. The number of nitriles is 1. The van der Waals surface area contributed by atoms with Crippen molar-refractivity contribution in [2.45, 2.75) is 25.7 Å². The van der Waals surface area contributed by atoms with Gasteiger partial charge in [0.15, 0.2) is 0 Å². The number of fused-ring (bicyclic) bond motifs is 1. The molecule has 0 bridgehead atoms. The minimum Gasteiger partial charge on any atom is -0.274 e. The van der Waals surface area contributed by atoms with E-state index < -0.39 is 0 Å². The maximum atomic E-state index is 12.4. The Morgan fingerprint density at radius 1 is 1.11 bits per heavy atom.